The van der Waals surface area contributed by atoms with E-state index in [2.05, 4.69) is 62.6 Å². The van der Waals surface area contributed by atoms with Crippen molar-refractivity contribution in [1.29, 1.82) is 0 Å². The van der Waals surface area contributed by atoms with Gasteiger partial charge in [-0.1, -0.05) is 48.5 Å². The zero-order valence-electron chi connectivity index (χ0n) is 16.4. The number of halogens is 1. The lowest BCUT2D eigenvalue weighted by atomic mass is 9.94. The topological polar surface area (TPSA) is 9.23 Å². The molecule has 2 aromatic rings. The summed E-state index contributed by atoms with van der Waals surface area (Å²) in [6, 6.07) is 19.4. The van der Waals surface area contributed by atoms with Crippen molar-refractivity contribution < 1.29 is 26.2 Å². The minimum Gasteiger partial charge on any atom is -1.00 e. The summed E-state index contributed by atoms with van der Waals surface area (Å²) in [6.07, 6.45) is 7.89. The minimum absolute atomic E-state index is 0. The van der Waals surface area contributed by atoms with Crippen molar-refractivity contribution in [2.45, 2.75) is 62.8 Å². The Labute approximate surface area is 173 Å². The number of fused-ring (bicyclic) bond motifs is 4. The number of piperidine rings is 1. The van der Waals surface area contributed by atoms with Crippen LogP contribution < -0.4 is 17.0 Å². The van der Waals surface area contributed by atoms with Crippen LogP contribution in [0.5, 0.6) is 0 Å². The highest BCUT2D eigenvalue weighted by Gasteiger charge is 2.49. The fraction of sp³-hybridized carbons (Fsp3) is 0.500. The van der Waals surface area contributed by atoms with E-state index in [0.29, 0.717) is 6.10 Å². The summed E-state index contributed by atoms with van der Waals surface area (Å²) in [4.78, 5) is 0. The second-order valence-electron chi connectivity index (χ2n) is 9.02. The largest absolute Gasteiger partial charge is 1.00 e. The first-order valence-electron chi connectivity index (χ1n) is 10.3. The maximum absolute atomic E-state index is 6.93. The number of benzene rings is 2. The Morgan fingerprint density at radius 1 is 0.778 bits per heavy atom. The molecule has 2 aromatic carbocycles. The van der Waals surface area contributed by atoms with Crippen LogP contribution in [0.4, 0.5) is 0 Å². The first-order chi connectivity index (χ1) is 12.6. The second kappa shape index (κ2) is 7.35. The lowest BCUT2D eigenvalue weighted by Crippen LogP contribution is -3.00. The fourth-order valence-corrected chi connectivity index (χ4v) is 5.75. The van der Waals surface area contributed by atoms with Gasteiger partial charge in [0.05, 0.1) is 32.3 Å². The van der Waals surface area contributed by atoms with Crippen LogP contribution in [0.25, 0.3) is 0 Å². The van der Waals surface area contributed by atoms with Gasteiger partial charge in [0.25, 0.3) is 0 Å². The van der Waals surface area contributed by atoms with Crippen molar-refractivity contribution in [1.82, 2.24) is 0 Å². The number of nitrogens with zero attached hydrogens (tertiary/aromatic N) is 1. The molecule has 144 valence electrons. The van der Waals surface area contributed by atoms with Crippen molar-refractivity contribution in [3.05, 3.63) is 70.8 Å². The zero-order chi connectivity index (χ0) is 17.7. The van der Waals surface area contributed by atoms with E-state index in [9.17, 15) is 0 Å². The van der Waals surface area contributed by atoms with Gasteiger partial charge in [-0.15, -0.1) is 0 Å². The van der Waals surface area contributed by atoms with E-state index in [-0.39, 0.29) is 23.1 Å². The molecule has 2 aliphatic heterocycles. The standard InChI is InChI=1S/C24H30NO.BrH/c1-25(2)19-13-14-20(25)16-21(15-19)26-24-22-9-5-3-7-17(22)11-12-18-8-4-6-10-23(18)24;/h3-10,19-21,24H,11-16H2,1-2H3;1H/q+1;/p-1. The molecule has 2 fully saturated rings. The Morgan fingerprint density at radius 3 is 1.78 bits per heavy atom. The highest BCUT2D eigenvalue weighted by atomic mass is 79.9. The highest BCUT2D eigenvalue weighted by Crippen LogP contribution is 2.43. The number of rotatable bonds is 2. The van der Waals surface area contributed by atoms with Crippen LogP contribution in [0.3, 0.4) is 0 Å². The van der Waals surface area contributed by atoms with Crippen LogP contribution in [0, 0.1) is 0 Å². The van der Waals surface area contributed by atoms with E-state index < -0.39 is 0 Å². The van der Waals surface area contributed by atoms with E-state index in [0.717, 1.165) is 24.9 Å². The van der Waals surface area contributed by atoms with Crippen LogP contribution in [0.15, 0.2) is 48.5 Å². The first kappa shape index (κ1) is 19.2. The molecule has 1 aliphatic carbocycles. The molecule has 0 saturated carbocycles. The zero-order valence-corrected chi connectivity index (χ0v) is 18.0. The molecule has 2 unspecified atom stereocenters. The number of ether oxygens (including phenoxy) is 1. The molecule has 3 heteroatoms. The van der Waals surface area contributed by atoms with Crippen molar-refractivity contribution >= 4 is 0 Å². The Hall–Kier alpha value is -1.16. The number of hydrogen-bond donors (Lipinski definition) is 0. The van der Waals surface area contributed by atoms with E-state index in [4.69, 9.17) is 4.74 Å². The average Bonchev–Trinajstić information content (AvgIpc) is 2.84. The molecule has 2 saturated heterocycles. The molecule has 27 heavy (non-hydrogen) atoms. The summed E-state index contributed by atoms with van der Waals surface area (Å²) in [7, 11) is 4.85. The molecule has 2 heterocycles. The maximum atomic E-state index is 6.93. The van der Waals surface area contributed by atoms with Crippen LogP contribution >= 0.6 is 0 Å². The summed E-state index contributed by atoms with van der Waals surface area (Å²) in [5, 5.41) is 0. The molecule has 3 aliphatic rings. The molecule has 0 aromatic heterocycles. The summed E-state index contributed by atoms with van der Waals surface area (Å²) in [6.45, 7) is 0. The first-order valence-corrected chi connectivity index (χ1v) is 10.3. The average molecular weight is 428 g/mol. The summed E-state index contributed by atoms with van der Waals surface area (Å²) < 4.78 is 8.14. The molecular weight excluding hydrogens is 398 g/mol. The Kier molecular flexibility index (Phi) is 5.22. The van der Waals surface area contributed by atoms with Gasteiger partial charge in [-0.2, -0.15) is 0 Å². The molecule has 0 amide bonds. The SMILES string of the molecule is C[N+]1(C)C2CCC1CC(OC1c3ccccc3CCc3ccccc31)C2.[Br-]. The predicted octanol–water partition coefficient (Wildman–Crippen LogP) is 1.67. The Bertz CT molecular complexity index is 754. The molecule has 2 nitrogen and oxygen atoms in total. The van der Waals surface area contributed by atoms with Gasteiger partial charge in [0.1, 0.15) is 6.10 Å². The van der Waals surface area contributed by atoms with Gasteiger partial charge >= 0.3 is 0 Å². The van der Waals surface area contributed by atoms with Crippen molar-refractivity contribution in [2.75, 3.05) is 14.1 Å². The smallest absolute Gasteiger partial charge is 0.108 e. The van der Waals surface area contributed by atoms with Crippen molar-refractivity contribution in [3.8, 4) is 0 Å². The van der Waals surface area contributed by atoms with Crippen LogP contribution in [-0.2, 0) is 17.6 Å². The van der Waals surface area contributed by atoms with Crippen molar-refractivity contribution in [3.63, 3.8) is 0 Å². The predicted molar refractivity (Wildman–Crippen MR) is 105 cm³/mol. The maximum Gasteiger partial charge on any atom is 0.108 e. The quantitative estimate of drug-likeness (QED) is 0.662. The summed E-state index contributed by atoms with van der Waals surface area (Å²) >= 11 is 0. The van der Waals surface area contributed by atoms with Gasteiger partial charge in [0.15, 0.2) is 0 Å². The Balaban J connectivity index is 0.00000180. The van der Waals surface area contributed by atoms with Gasteiger partial charge in [0, 0.05) is 25.7 Å². The second-order valence-corrected chi connectivity index (χ2v) is 9.02. The van der Waals surface area contributed by atoms with Crippen LogP contribution in [-0.4, -0.2) is 36.8 Å². The lowest BCUT2D eigenvalue weighted by Gasteiger charge is -2.44. The van der Waals surface area contributed by atoms with E-state index >= 15 is 0 Å². The highest BCUT2D eigenvalue weighted by molar-refractivity contribution is 5.43. The summed E-state index contributed by atoms with van der Waals surface area (Å²) in [5.74, 6) is 0. The third kappa shape index (κ3) is 3.28. The van der Waals surface area contributed by atoms with Gasteiger partial charge in [-0.25, -0.2) is 0 Å². The van der Waals surface area contributed by atoms with E-state index in [1.165, 1.54) is 52.4 Å². The molecule has 5 rings (SSSR count). The van der Waals surface area contributed by atoms with E-state index in [1.807, 2.05) is 0 Å². The number of quaternary nitrogens is 1. The molecule has 0 N–H and O–H groups in total. The van der Waals surface area contributed by atoms with Gasteiger partial charge in [-0.3, -0.25) is 0 Å². The van der Waals surface area contributed by atoms with E-state index in [1.54, 1.807) is 0 Å². The molecule has 2 atom stereocenters. The summed E-state index contributed by atoms with van der Waals surface area (Å²) in [5.41, 5.74) is 5.71. The normalized spacial score (nSPS) is 28.6. The van der Waals surface area contributed by atoms with Crippen LogP contribution in [0.2, 0.25) is 0 Å². The Morgan fingerprint density at radius 2 is 1.26 bits per heavy atom. The fourth-order valence-electron chi connectivity index (χ4n) is 5.75. The monoisotopic (exact) mass is 427 g/mol. The third-order valence-corrected chi connectivity index (χ3v) is 7.45. The molecule has 2 bridgehead atoms. The number of aryl methyl sites for hydroxylation is 2. The number of hydrogen-bond acceptors (Lipinski definition) is 1. The molecular formula is C24H30BrNO. The molecule has 0 radical (unpaired) electrons. The molecule has 0 spiro atoms. The lowest BCUT2D eigenvalue weighted by molar-refractivity contribution is -0.931. The van der Waals surface area contributed by atoms with Gasteiger partial charge < -0.3 is 26.2 Å². The third-order valence-electron chi connectivity index (χ3n) is 7.45. The minimum atomic E-state index is 0. The van der Waals surface area contributed by atoms with Gasteiger partial charge in [-0.05, 0) is 35.1 Å². The van der Waals surface area contributed by atoms with Crippen molar-refractivity contribution in [2.24, 2.45) is 0 Å². The van der Waals surface area contributed by atoms with Gasteiger partial charge in [0.2, 0.25) is 0 Å². The van der Waals surface area contributed by atoms with Crippen LogP contribution in [0.1, 0.15) is 54.0 Å².